The molecule has 1 aromatic carbocycles. The van der Waals surface area contributed by atoms with Crippen LogP contribution < -0.4 is 14.8 Å². The maximum atomic E-state index is 5.51. The second-order valence-corrected chi connectivity index (χ2v) is 5.73. The van der Waals surface area contributed by atoms with Gasteiger partial charge in [0.2, 0.25) is 0 Å². The Morgan fingerprint density at radius 2 is 1.95 bits per heavy atom. The molecular weight excluding hydrogens is 238 g/mol. The summed E-state index contributed by atoms with van der Waals surface area (Å²) in [6, 6.07) is 6.94. The van der Waals surface area contributed by atoms with E-state index in [2.05, 4.69) is 11.4 Å². The van der Waals surface area contributed by atoms with Gasteiger partial charge in [0, 0.05) is 11.6 Å². The zero-order valence-electron chi connectivity index (χ0n) is 11.8. The van der Waals surface area contributed by atoms with E-state index in [1.165, 1.54) is 31.2 Å². The van der Waals surface area contributed by atoms with Gasteiger partial charge in [-0.05, 0) is 62.3 Å². The van der Waals surface area contributed by atoms with Crippen LogP contribution in [0, 0.1) is 5.92 Å². The number of hydrogen-bond donors (Lipinski definition) is 1. The van der Waals surface area contributed by atoms with Gasteiger partial charge in [0.15, 0.2) is 0 Å². The average molecular weight is 261 g/mol. The minimum Gasteiger partial charge on any atom is -0.497 e. The van der Waals surface area contributed by atoms with Crippen molar-refractivity contribution in [3.8, 4) is 11.5 Å². The summed E-state index contributed by atoms with van der Waals surface area (Å²) in [5.74, 6) is 3.30. The molecule has 2 aliphatic rings. The third kappa shape index (κ3) is 2.71. The average Bonchev–Trinajstić information content (AvgIpc) is 3.21. The molecule has 0 bridgehead atoms. The molecule has 2 atom stereocenters. The fraction of sp³-hybridized carbons (Fsp3) is 0.625. The van der Waals surface area contributed by atoms with Crippen LogP contribution in [0.5, 0.6) is 11.5 Å². The Bertz CT molecular complexity index is 442. The quantitative estimate of drug-likeness (QED) is 0.854. The van der Waals surface area contributed by atoms with Crippen LogP contribution in [0.3, 0.4) is 0 Å². The fourth-order valence-electron chi connectivity index (χ4n) is 2.96. The smallest absolute Gasteiger partial charge is 0.122 e. The van der Waals surface area contributed by atoms with E-state index in [1.54, 1.807) is 14.2 Å². The van der Waals surface area contributed by atoms with Crippen LogP contribution in [-0.4, -0.2) is 26.8 Å². The number of methoxy groups -OCH3 is 2. The zero-order valence-corrected chi connectivity index (χ0v) is 11.8. The molecule has 104 valence electrons. The first-order valence-corrected chi connectivity index (χ1v) is 7.27. The lowest BCUT2D eigenvalue weighted by atomic mass is 9.69. The lowest BCUT2D eigenvalue weighted by molar-refractivity contribution is 0.238. The summed E-state index contributed by atoms with van der Waals surface area (Å²) >= 11 is 0. The van der Waals surface area contributed by atoms with Crippen molar-refractivity contribution in [2.75, 3.05) is 20.8 Å². The maximum absolute atomic E-state index is 5.51. The summed E-state index contributed by atoms with van der Waals surface area (Å²) in [6.07, 6.45) is 5.31. The molecule has 0 radical (unpaired) electrons. The summed E-state index contributed by atoms with van der Waals surface area (Å²) in [6.45, 7) is 1.15. The monoisotopic (exact) mass is 261 g/mol. The van der Waals surface area contributed by atoms with Crippen molar-refractivity contribution < 1.29 is 9.47 Å². The highest BCUT2D eigenvalue weighted by atomic mass is 16.5. The molecule has 0 saturated heterocycles. The highest BCUT2D eigenvalue weighted by Gasteiger charge is 2.35. The Hall–Kier alpha value is -1.22. The minimum atomic E-state index is 0.622. The van der Waals surface area contributed by atoms with Crippen LogP contribution in [0.25, 0.3) is 0 Å². The van der Waals surface area contributed by atoms with Gasteiger partial charge in [-0.2, -0.15) is 0 Å². The first kappa shape index (κ1) is 12.8. The van der Waals surface area contributed by atoms with Crippen LogP contribution in [-0.2, 0) is 0 Å². The van der Waals surface area contributed by atoms with Crippen molar-refractivity contribution in [1.82, 2.24) is 5.32 Å². The van der Waals surface area contributed by atoms with E-state index in [4.69, 9.17) is 9.47 Å². The molecule has 19 heavy (non-hydrogen) atoms. The molecule has 3 rings (SSSR count). The lowest BCUT2D eigenvalue weighted by Crippen LogP contribution is -2.34. The Kier molecular flexibility index (Phi) is 3.65. The van der Waals surface area contributed by atoms with Crippen molar-refractivity contribution in [3.05, 3.63) is 23.8 Å². The van der Waals surface area contributed by atoms with Gasteiger partial charge in [-0.1, -0.05) is 0 Å². The number of nitrogens with one attached hydrogen (secondary N) is 1. The van der Waals surface area contributed by atoms with E-state index >= 15 is 0 Å². The Morgan fingerprint density at radius 3 is 2.53 bits per heavy atom. The number of hydrogen-bond acceptors (Lipinski definition) is 3. The van der Waals surface area contributed by atoms with Gasteiger partial charge in [-0.25, -0.2) is 0 Å². The van der Waals surface area contributed by atoms with E-state index in [9.17, 15) is 0 Å². The first-order chi connectivity index (χ1) is 9.31. The van der Waals surface area contributed by atoms with Gasteiger partial charge in [-0.15, -0.1) is 0 Å². The third-order valence-electron chi connectivity index (χ3n) is 4.50. The number of ether oxygens (including phenoxy) is 2. The van der Waals surface area contributed by atoms with Gasteiger partial charge < -0.3 is 14.8 Å². The van der Waals surface area contributed by atoms with Crippen molar-refractivity contribution in [3.63, 3.8) is 0 Å². The molecule has 2 saturated carbocycles. The molecular formula is C16H23NO2. The van der Waals surface area contributed by atoms with Crippen LogP contribution in [0.1, 0.15) is 37.2 Å². The van der Waals surface area contributed by atoms with Crippen molar-refractivity contribution in [2.24, 2.45) is 5.92 Å². The van der Waals surface area contributed by atoms with E-state index < -0.39 is 0 Å². The van der Waals surface area contributed by atoms with E-state index in [1.807, 2.05) is 12.1 Å². The van der Waals surface area contributed by atoms with E-state index in [0.717, 1.165) is 30.0 Å². The van der Waals surface area contributed by atoms with Gasteiger partial charge >= 0.3 is 0 Å². The third-order valence-corrected chi connectivity index (χ3v) is 4.50. The SMILES string of the molecule is COc1ccc(OC)c(C2CCC2CNC2CC2)c1. The Morgan fingerprint density at radius 1 is 1.11 bits per heavy atom. The predicted molar refractivity (Wildman–Crippen MR) is 76.0 cm³/mol. The van der Waals surface area contributed by atoms with Crippen molar-refractivity contribution >= 4 is 0 Å². The second kappa shape index (κ2) is 5.41. The zero-order chi connectivity index (χ0) is 13.2. The normalized spacial score (nSPS) is 25.8. The summed E-state index contributed by atoms with van der Waals surface area (Å²) in [5, 5.41) is 3.65. The molecule has 0 spiro atoms. The van der Waals surface area contributed by atoms with Crippen LogP contribution in [0.15, 0.2) is 18.2 Å². The summed E-state index contributed by atoms with van der Waals surface area (Å²) in [4.78, 5) is 0. The molecule has 0 aliphatic heterocycles. The highest BCUT2D eigenvalue weighted by Crippen LogP contribution is 2.46. The van der Waals surface area contributed by atoms with Gasteiger partial charge in [0.25, 0.3) is 0 Å². The minimum absolute atomic E-state index is 0.622. The van der Waals surface area contributed by atoms with Crippen molar-refractivity contribution in [1.29, 1.82) is 0 Å². The van der Waals surface area contributed by atoms with Crippen molar-refractivity contribution in [2.45, 2.75) is 37.6 Å². The predicted octanol–water partition coefficient (Wildman–Crippen LogP) is 2.95. The molecule has 0 amide bonds. The summed E-state index contributed by atoms with van der Waals surface area (Å²) < 4.78 is 10.9. The van der Waals surface area contributed by atoms with Crippen LogP contribution in [0.2, 0.25) is 0 Å². The number of rotatable bonds is 6. The molecule has 3 heteroatoms. The van der Waals surface area contributed by atoms with Gasteiger partial charge in [-0.3, -0.25) is 0 Å². The van der Waals surface area contributed by atoms with Crippen LogP contribution in [0.4, 0.5) is 0 Å². The maximum Gasteiger partial charge on any atom is 0.122 e. The molecule has 1 N–H and O–H groups in total. The summed E-state index contributed by atoms with van der Waals surface area (Å²) in [7, 11) is 3.47. The first-order valence-electron chi connectivity index (χ1n) is 7.27. The largest absolute Gasteiger partial charge is 0.497 e. The topological polar surface area (TPSA) is 30.5 Å². The standard InChI is InChI=1S/C16H23NO2/c1-18-13-6-8-16(19-2)15(9-13)14-7-3-11(14)10-17-12-4-5-12/h6,8-9,11-12,14,17H,3-5,7,10H2,1-2H3. The fourth-order valence-corrected chi connectivity index (χ4v) is 2.96. The molecule has 2 aliphatic carbocycles. The molecule has 1 aromatic rings. The lowest BCUT2D eigenvalue weighted by Gasteiger charge is -2.38. The number of benzene rings is 1. The van der Waals surface area contributed by atoms with Gasteiger partial charge in [0.05, 0.1) is 14.2 Å². The molecule has 2 fully saturated rings. The highest BCUT2D eigenvalue weighted by molar-refractivity contribution is 5.43. The van der Waals surface area contributed by atoms with E-state index in [0.29, 0.717) is 5.92 Å². The Labute approximate surface area is 115 Å². The van der Waals surface area contributed by atoms with E-state index in [-0.39, 0.29) is 0 Å². The Balaban J connectivity index is 1.72. The summed E-state index contributed by atoms with van der Waals surface area (Å²) in [5.41, 5.74) is 1.32. The van der Waals surface area contributed by atoms with Crippen LogP contribution >= 0.6 is 0 Å². The molecule has 0 heterocycles. The molecule has 2 unspecified atom stereocenters. The van der Waals surface area contributed by atoms with Gasteiger partial charge in [0.1, 0.15) is 11.5 Å². The molecule has 0 aromatic heterocycles. The molecule has 3 nitrogen and oxygen atoms in total. The second-order valence-electron chi connectivity index (χ2n) is 5.73.